The molecule has 0 bridgehead atoms. The molecule has 1 aromatic rings. The van der Waals surface area contributed by atoms with Crippen molar-refractivity contribution in [1.82, 2.24) is 4.98 Å². The molecule has 0 saturated heterocycles. The highest BCUT2D eigenvalue weighted by Gasteiger charge is 2.10. The summed E-state index contributed by atoms with van der Waals surface area (Å²) in [6.07, 6.45) is 4.26. The molecule has 0 saturated carbocycles. The van der Waals surface area contributed by atoms with E-state index in [1.807, 2.05) is 19.1 Å². The van der Waals surface area contributed by atoms with Gasteiger partial charge in [-0.05, 0) is 30.7 Å². The summed E-state index contributed by atoms with van der Waals surface area (Å²) in [6.45, 7) is 2.58. The molecule has 0 aliphatic rings. The maximum atomic E-state index is 11.7. The van der Waals surface area contributed by atoms with Crippen LogP contribution in [0.15, 0.2) is 24.5 Å². The van der Waals surface area contributed by atoms with Crippen molar-refractivity contribution < 1.29 is 4.21 Å². The molecule has 1 heterocycles. The summed E-state index contributed by atoms with van der Waals surface area (Å²) >= 11 is 0. The fraction of sp³-hybridized carbons (Fsp3) is 0.500. The van der Waals surface area contributed by atoms with Crippen LogP contribution in [0, 0.1) is 0 Å². The van der Waals surface area contributed by atoms with Gasteiger partial charge in [0.15, 0.2) is 0 Å². The second kappa shape index (κ2) is 5.88. The molecule has 0 aliphatic heterocycles. The van der Waals surface area contributed by atoms with Crippen LogP contribution < -0.4 is 5.73 Å². The van der Waals surface area contributed by atoms with E-state index in [1.165, 1.54) is 0 Å². The van der Waals surface area contributed by atoms with Crippen LogP contribution in [0.1, 0.15) is 18.9 Å². The van der Waals surface area contributed by atoms with Gasteiger partial charge in [0.1, 0.15) is 0 Å². The van der Waals surface area contributed by atoms with Crippen molar-refractivity contribution in [2.45, 2.75) is 24.3 Å². The summed E-state index contributed by atoms with van der Waals surface area (Å²) in [7, 11) is -0.823. The van der Waals surface area contributed by atoms with Gasteiger partial charge in [0.05, 0.1) is 0 Å². The van der Waals surface area contributed by atoms with Gasteiger partial charge < -0.3 is 5.73 Å². The number of nitrogens with zero attached hydrogens (tertiary/aromatic N) is 1. The maximum Gasteiger partial charge on any atom is 0.0489 e. The monoisotopic (exact) mass is 212 g/mol. The maximum absolute atomic E-state index is 11.7. The third-order valence-corrected chi connectivity index (χ3v) is 3.83. The summed E-state index contributed by atoms with van der Waals surface area (Å²) in [4.78, 5) is 3.91. The first-order valence-corrected chi connectivity index (χ1v) is 6.08. The van der Waals surface area contributed by atoms with Gasteiger partial charge in [-0.3, -0.25) is 9.19 Å². The Balaban J connectivity index is 2.49. The van der Waals surface area contributed by atoms with E-state index in [4.69, 9.17) is 5.73 Å². The zero-order valence-electron chi connectivity index (χ0n) is 8.35. The predicted molar refractivity (Wildman–Crippen MR) is 59.2 cm³/mol. The van der Waals surface area contributed by atoms with E-state index in [-0.39, 0.29) is 5.25 Å². The number of nitrogens with two attached hydrogens (primary N) is 1. The van der Waals surface area contributed by atoms with Gasteiger partial charge in [0, 0.05) is 34.2 Å². The molecular weight excluding hydrogens is 196 g/mol. The molecule has 1 rings (SSSR count). The zero-order chi connectivity index (χ0) is 10.4. The SMILES string of the molecule is CC(CCN)S(=O)Cc1ccncc1. The lowest BCUT2D eigenvalue weighted by Crippen LogP contribution is -2.17. The predicted octanol–water partition coefficient (Wildman–Crippen LogP) is 1.07. The van der Waals surface area contributed by atoms with Gasteiger partial charge >= 0.3 is 0 Å². The number of aromatic nitrogens is 1. The van der Waals surface area contributed by atoms with Crippen molar-refractivity contribution >= 4 is 10.8 Å². The Morgan fingerprint density at radius 3 is 2.71 bits per heavy atom. The first kappa shape index (κ1) is 11.3. The number of rotatable bonds is 5. The van der Waals surface area contributed by atoms with Crippen LogP contribution in [0.3, 0.4) is 0 Å². The Kier molecular flexibility index (Phi) is 4.76. The lowest BCUT2D eigenvalue weighted by atomic mass is 10.3. The lowest BCUT2D eigenvalue weighted by molar-refractivity contribution is 0.665. The molecule has 0 radical (unpaired) electrons. The van der Waals surface area contributed by atoms with Gasteiger partial charge in [-0.2, -0.15) is 0 Å². The van der Waals surface area contributed by atoms with Crippen LogP contribution in [-0.2, 0) is 16.6 Å². The van der Waals surface area contributed by atoms with Gasteiger partial charge in [0.2, 0.25) is 0 Å². The van der Waals surface area contributed by atoms with Crippen molar-refractivity contribution in [2.24, 2.45) is 5.73 Å². The van der Waals surface area contributed by atoms with Crippen LogP contribution in [0.25, 0.3) is 0 Å². The van der Waals surface area contributed by atoms with E-state index in [9.17, 15) is 4.21 Å². The molecule has 0 amide bonds. The topological polar surface area (TPSA) is 56.0 Å². The Hall–Kier alpha value is -0.740. The minimum Gasteiger partial charge on any atom is -0.330 e. The third-order valence-electron chi connectivity index (χ3n) is 2.08. The van der Waals surface area contributed by atoms with Crippen LogP contribution in [-0.4, -0.2) is 21.0 Å². The molecule has 1 aromatic heterocycles. The van der Waals surface area contributed by atoms with Crippen molar-refractivity contribution in [2.75, 3.05) is 6.54 Å². The summed E-state index contributed by atoms with van der Waals surface area (Å²) in [5.74, 6) is 0.601. The lowest BCUT2D eigenvalue weighted by Gasteiger charge is -2.09. The molecule has 2 unspecified atom stereocenters. The molecule has 0 aliphatic carbocycles. The number of pyridine rings is 1. The van der Waals surface area contributed by atoms with Crippen molar-refractivity contribution in [3.63, 3.8) is 0 Å². The second-order valence-corrected chi connectivity index (χ2v) is 5.12. The molecule has 0 aromatic carbocycles. The van der Waals surface area contributed by atoms with Crippen LogP contribution in [0.5, 0.6) is 0 Å². The minimum absolute atomic E-state index is 0.174. The van der Waals surface area contributed by atoms with E-state index in [2.05, 4.69) is 4.98 Å². The molecule has 2 N–H and O–H groups in total. The van der Waals surface area contributed by atoms with Crippen LogP contribution in [0.2, 0.25) is 0 Å². The molecule has 14 heavy (non-hydrogen) atoms. The fourth-order valence-electron chi connectivity index (χ4n) is 1.15. The summed E-state index contributed by atoms with van der Waals surface area (Å²) in [6, 6.07) is 3.79. The van der Waals surface area contributed by atoms with Crippen LogP contribution in [0.4, 0.5) is 0 Å². The average molecular weight is 212 g/mol. The smallest absolute Gasteiger partial charge is 0.0489 e. The summed E-state index contributed by atoms with van der Waals surface area (Å²) < 4.78 is 11.7. The first-order chi connectivity index (χ1) is 6.74. The Morgan fingerprint density at radius 2 is 2.14 bits per heavy atom. The Morgan fingerprint density at radius 1 is 1.50 bits per heavy atom. The number of hydrogen-bond acceptors (Lipinski definition) is 3. The molecule has 78 valence electrons. The van der Waals surface area contributed by atoms with E-state index >= 15 is 0 Å². The van der Waals surface area contributed by atoms with E-state index in [0.29, 0.717) is 12.3 Å². The molecule has 2 atom stereocenters. The van der Waals surface area contributed by atoms with Crippen molar-refractivity contribution in [1.29, 1.82) is 0 Å². The number of hydrogen-bond donors (Lipinski definition) is 1. The molecular formula is C10H16N2OS. The summed E-state index contributed by atoms with van der Waals surface area (Å²) in [5.41, 5.74) is 6.49. The van der Waals surface area contributed by atoms with Gasteiger partial charge in [0.25, 0.3) is 0 Å². The Bertz CT molecular complexity index is 289. The highest BCUT2D eigenvalue weighted by molar-refractivity contribution is 7.84. The van der Waals surface area contributed by atoms with Crippen molar-refractivity contribution in [3.05, 3.63) is 30.1 Å². The van der Waals surface area contributed by atoms with Gasteiger partial charge in [-0.1, -0.05) is 6.92 Å². The molecule has 4 heteroatoms. The quantitative estimate of drug-likeness (QED) is 0.794. The first-order valence-electron chi connectivity index (χ1n) is 4.70. The third kappa shape index (κ3) is 3.55. The molecule has 0 fully saturated rings. The fourth-order valence-corrected chi connectivity index (χ4v) is 2.36. The van der Waals surface area contributed by atoms with E-state index in [0.717, 1.165) is 12.0 Å². The van der Waals surface area contributed by atoms with Crippen molar-refractivity contribution in [3.8, 4) is 0 Å². The Labute approximate surface area is 87.2 Å². The van der Waals surface area contributed by atoms with Gasteiger partial charge in [-0.25, -0.2) is 0 Å². The largest absolute Gasteiger partial charge is 0.330 e. The normalized spacial score (nSPS) is 15.0. The molecule has 0 spiro atoms. The second-order valence-electron chi connectivity index (χ2n) is 3.27. The summed E-state index contributed by atoms with van der Waals surface area (Å²) in [5, 5.41) is 0.174. The zero-order valence-corrected chi connectivity index (χ0v) is 9.17. The van der Waals surface area contributed by atoms with Gasteiger partial charge in [-0.15, -0.1) is 0 Å². The standard InChI is InChI=1S/C10H16N2OS/c1-9(2-5-11)14(13)8-10-3-6-12-7-4-10/h3-4,6-7,9H,2,5,8,11H2,1H3. The van der Waals surface area contributed by atoms with Crippen LogP contribution >= 0.6 is 0 Å². The highest BCUT2D eigenvalue weighted by Crippen LogP contribution is 2.07. The average Bonchev–Trinajstić information content (AvgIpc) is 2.19. The van der Waals surface area contributed by atoms with E-state index in [1.54, 1.807) is 12.4 Å². The highest BCUT2D eigenvalue weighted by atomic mass is 32.2. The molecule has 3 nitrogen and oxygen atoms in total. The van der Waals surface area contributed by atoms with E-state index < -0.39 is 10.8 Å². The minimum atomic E-state index is -0.823.